The number of hydrogen-bond donors (Lipinski definition) is 0. The monoisotopic (exact) mass is 878 g/mol. The molecular weight excluding hydrogens is 829 g/mol. The second kappa shape index (κ2) is 13.3. The van der Waals surface area contributed by atoms with Gasteiger partial charge < -0.3 is 13.7 Å². The molecule has 0 N–H and O–H groups in total. The van der Waals surface area contributed by atoms with Crippen molar-refractivity contribution in [2.45, 2.75) is 71.6 Å². The summed E-state index contributed by atoms with van der Waals surface area (Å²) in [5.74, 6) is 0. The Morgan fingerprint density at radius 2 is 0.956 bits per heavy atom. The molecule has 3 aromatic heterocycles. The second-order valence-electron chi connectivity index (χ2n) is 21.2. The number of fused-ring (bicyclic) bond motifs is 19. The van der Waals surface area contributed by atoms with Gasteiger partial charge in [-0.2, -0.15) is 0 Å². The fraction of sp³-hybridized carbons (Fsp3) is 0.172. The molecule has 0 spiro atoms. The number of furan rings is 2. The SMILES string of the molecule is Cc1cc(C)cc(N(c2ccc3c(c2)C(C)(C)c2cc(-c4ccccn4)c4oc5ccccc5c4c2-3)c2ccc3c(c2)C(C)(C)c2c4c(c5oc6ccccc6c5c2-3)-c2ccccc2C4(C)C)c1. The molecule has 0 bridgehead atoms. The first kappa shape index (κ1) is 39.5. The van der Waals surface area contributed by atoms with Gasteiger partial charge >= 0.3 is 0 Å². The van der Waals surface area contributed by atoms with Crippen LogP contribution >= 0.6 is 0 Å². The number of nitrogens with zero attached hydrogens (tertiary/aromatic N) is 2. The third kappa shape index (κ3) is 5.02. The van der Waals surface area contributed by atoms with Crippen molar-refractivity contribution in [3.63, 3.8) is 0 Å². The quantitative estimate of drug-likeness (QED) is 0.177. The van der Waals surface area contributed by atoms with Crippen LogP contribution in [0.3, 0.4) is 0 Å². The highest BCUT2D eigenvalue weighted by molar-refractivity contribution is 6.21. The van der Waals surface area contributed by atoms with Crippen LogP contribution in [-0.4, -0.2) is 4.98 Å². The molecule has 3 aliphatic carbocycles. The predicted molar refractivity (Wildman–Crippen MR) is 281 cm³/mol. The standard InChI is InChI=1S/C64H50N2O2/c1-35-29-36(2)31-39(30-35)66(37-24-26-41-47(32-37)62(3,4)49-34-45(50-21-15-16-28-65-50)60-55(53(41)49)43-18-10-13-22-51(43)67-60)38-25-27-42-48(33-38)64(7,8)58-54(42)56-44-19-11-14-23-52(44)68-61(56)57-40-17-9-12-20-46(40)63(5,6)59(57)58/h9-34H,1-8H3. The van der Waals surface area contributed by atoms with E-state index < -0.39 is 0 Å². The molecular formula is C64H50N2O2. The summed E-state index contributed by atoms with van der Waals surface area (Å²) in [5, 5.41) is 4.67. The maximum Gasteiger partial charge on any atom is 0.145 e. The van der Waals surface area contributed by atoms with Crippen LogP contribution < -0.4 is 4.90 Å². The molecule has 4 heteroatoms. The van der Waals surface area contributed by atoms with Crippen LogP contribution in [0.2, 0.25) is 0 Å². The summed E-state index contributed by atoms with van der Waals surface area (Å²) in [4.78, 5) is 7.34. The summed E-state index contributed by atoms with van der Waals surface area (Å²) in [6, 6.07) is 55.9. The Hall–Kier alpha value is -7.69. The summed E-state index contributed by atoms with van der Waals surface area (Å²) in [7, 11) is 0. The molecule has 0 atom stereocenters. The van der Waals surface area contributed by atoms with Gasteiger partial charge in [-0.25, -0.2) is 0 Å². The van der Waals surface area contributed by atoms with Gasteiger partial charge in [0.05, 0.1) is 5.69 Å². The number of pyridine rings is 1. The van der Waals surface area contributed by atoms with Crippen LogP contribution in [-0.2, 0) is 16.2 Å². The van der Waals surface area contributed by atoms with Crippen molar-refractivity contribution < 1.29 is 8.83 Å². The Morgan fingerprint density at radius 3 is 1.63 bits per heavy atom. The summed E-state index contributed by atoms with van der Waals surface area (Å²) in [6.45, 7) is 18.9. The van der Waals surface area contributed by atoms with Crippen LogP contribution in [0.15, 0.2) is 167 Å². The number of aromatic nitrogens is 1. The molecule has 11 aromatic rings. The van der Waals surface area contributed by atoms with Gasteiger partial charge in [-0.05, 0) is 153 Å². The Bertz CT molecular complexity index is 4010. The fourth-order valence-electron chi connectivity index (χ4n) is 13.1. The first-order valence-electron chi connectivity index (χ1n) is 24.0. The Labute approximate surface area is 396 Å². The maximum atomic E-state index is 6.98. The Kier molecular flexibility index (Phi) is 7.70. The number of aryl methyl sites for hydroxylation is 2. The molecule has 0 amide bonds. The number of para-hydroxylation sites is 2. The molecule has 0 saturated carbocycles. The molecule has 0 saturated heterocycles. The smallest absolute Gasteiger partial charge is 0.145 e. The lowest BCUT2D eigenvalue weighted by Gasteiger charge is -2.32. The topological polar surface area (TPSA) is 42.4 Å². The van der Waals surface area contributed by atoms with Crippen molar-refractivity contribution in [2.24, 2.45) is 0 Å². The minimum atomic E-state index is -0.323. The van der Waals surface area contributed by atoms with Gasteiger partial charge in [-0.3, -0.25) is 4.98 Å². The van der Waals surface area contributed by atoms with Crippen LogP contribution in [0.1, 0.15) is 86.1 Å². The van der Waals surface area contributed by atoms with E-state index in [1.165, 1.54) is 88.7 Å². The van der Waals surface area contributed by atoms with E-state index in [9.17, 15) is 0 Å². The van der Waals surface area contributed by atoms with Crippen molar-refractivity contribution in [1.29, 1.82) is 0 Å². The van der Waals surface area contributed by atoms with Crippen molar-refractivity contribution in [3.8, 4) is 44.6 Å². The third-order valence-electron chi connectivity index (χ3n) is 16.1. The molecule has 68 heavy (non-hydrogen) atoms. The van der Waals surface area contributed by atoms with Crippen molar-refractivity contribution in [1.82, 2.24) is 4.98 Å². The molecule has 4 nitrogen and oxygen atoms in total. The minimum absolute atomic E-state index is 0.224. The number of hydrogen-bond acceptors (Lipinski definition) is 4. The maximum absolute atomic E-state index is 6.98. The van der Waals surface area contributed by atoms with Crippen molar-refractivity contribution in [2.75, 3.05) is 4.90 Å². The Morgan fingerprint density at radius 1 is 0.412 bits per heavy atom. The lowest BCUT2D eigenvalue weighted by molar-refractivity contribution is 0.600. The number of benzene rings is 8. The molecule has 3 aliphatic rings. The highest BCUT2D eigenvalue weighted by Crippen LogP contribution is 2.64. The molecule has 328 valence electrons. The summed E-state index contributed by atoms with van der Waals surface area (Å²) >= 11 is 0. The predicted octanol–water partition coefficient (Wildman–Crippen LogP) is 17.6. The van der Waals surface area contributed by atoms with Gasteiger partial charge in [0.2, 0.25) is 0 Å². The summed E-state index contributed by atoms with van der Waals surface area (Å²) < 4.78 is 13.7. The van der Waals surface area contributed by atoms with Gasteiger partial charge in [-0.15, -0.1) is 0 Å². The highest BCUT2D eigenvalue weighted by Gasteiger charge is 2.49. The molecule has 0 fully saturated rings. The van der Waals surface area contributed by atoms with E-state index in [-0.39, 0.29) is 16.2 Å². The average Bonchev–Trinajstić information content (AvgIpc) is 4.08. The van der Waals surface area contributed by atoms with Crippen LogP contribution in [0, 0.1) is 13.8 Å². The number of rotatable bonds is 4. The van der Waals surface area contributed by atoms with E-state index in [0.29, 0.717) is 0 Å². The molecule has 0 unspecified atom stereocenters. The zero-order valence-electron chi connectivity index (χ0n) is 39.7. The highest BCUT2D eigenvalue weighted by atomic mass is 16.3. The van der Waals surface area contributed by atoms with E-state index in [4.69, 9.17) is 13.8 Å². The fourth-order valence-corrected chi connectivity index (χ4v) is 13.1. The molecule has 8 aromatic carbocycles. The van der Waals surface area contributed by atoms with Gasteiger partial charge in [-0.1, -0.05) is 126 Å². The third-order valence-corrected chi connectivity index (χ3v) is 16.1. The Balaban J connectivity index is 0.997. The van der Waals surface area contributed by atoms with Gasteiger partial charge in [0.15, 0.2) is 0 Å². The molecule has 0 radical (unpaired) electrons. The average molecular weight is 879 g/mol. The van der Waals surface area contributed by atoms with E-state index in [0.717, 1.165) is 61.4 Å². The van der Waals surface area contributed by atoms with E-state index >= 15 is 0 Å². The van der Waals surface area contributed by atoms with Gasteiger partial charge in [0, 0.05) is 72.2 Å². The lowest BCUT2D eigenvalue weighted by atomic mass is 9.72. The zero-order valence-corrected chi connectivity index (χ0v) is 39.7. The summed E-state index contributed by atoms with van der Waals surface area (Å²) in [6.07, 6.45) is 1.87. The van der Waals surface area contributed by atoms with E-state index in [1.807, 2.05) is 12.3 Å². The van der Waals surface area contributed by atoms with E-state index in [2.05, 4.69) is 206 Å². The van der Waals surface area contributed by atoms with Crippen LogP contribution in [0.25, 0.3) is 88.5 Å². The first-order valence-corrected chi connectivity index (χ1v) is 24.0. The van der Waals surface area contributed by atoms with Crippen LogP contribution in [0.5, 0.6) is 0 Å². The molecule has 14 rings (SSSR count). The van der Waals surface area contributed by atoms with E-state index in [1.54, 1.807) is 0 Å². The summed E-state index contributed by atoms with van der Waals surface area (Å²) in [5.41, 5.74) is 26.3. The van der Waals surface area contributed by atoms with Crippen LogP contribution in [0.4, 0.5) is 17.1 Å². The molecule has 3 heterocycles. The normalized spacial score (nSPS) is 15.4. The largest absolute Gasteiger partial charge is 0.455 e. The van der Waals surface area contributed by atoms with Crippen molar-refractivity contribution >= 4 is 60.9 Å². The molecule has 0 aliphatic heterocycles. The second-order valence-corrected chi connectivity index (χ2v) is 21.2. The first-order chi connectivity index (χ1) is 32.8. The lowest BCUT2D eigenvalue weighted by Crippen LogP contribution is -2.24. The van der Waals surface area contributed by atoms with Gasteiger partial charge in [0.25, 0.3) is 0 Å². The zero-order chi connectivity index (χ0) is 46.2. The minimum Gasteiger partial charge on any atom is -0.455 e. The van der Waals surface area contributed by atoms with Gasteiger partial charge in [0.1, 0.15) is 22.3 Å². The van der Waals surface area contributed by atoms with Crippen molar-refractivity contribution in [3.05, 3.63) is 202 Å². The number of anilines is 3.